The molecule has 0 saturated heterocycles. The number of carbonyl (C=O) groups is 2. The van der Waals surface area contributed by atoms with Gasteiger partial charge in [0.25, 0.3) is 0 Å². The summed E-state index contributed by atoms with van der Waals surface area (Å²) in [7, 11) is 0. The molecule has 1 aromatic heterocycles. The molecule has 1 amide bonds. The van der Waals surface area contributed by atoms with Gasteiger partial charge in [-0.05, 0) is 34.1 Å². The van der Waals surface area contributed by atoms with Crippen LogP contribution in [0.25, 0.3) is 0 Å². The van der Waals surface area contributed by atoms with E-state index in [0.717, 1.165) is 0 Å². The van der Waals surface area contributed by atoms with E-state index in [1.165, 1.54) is 5.32 Å². The summed E-state index contributed by atoms with van der Waals surface area (Å²) in [5.74, 6) is -3.73. The molecule has 0 aliphatic rings. The number of alkyl halides is 3. The Morgan fingerprint density at radius 3 is 2.44 bits per heavy atom. The molecule has 0 fully saturated rings. The minimum absolute atomic E-state index is 0.160. The van der Waals surface area contributed by atoms with Crippen molar-refractivity contribution in [2.24, 2.45) is 0 Å². The molecule has 0 saturated carbocycles. The lowest BCUT2D eigenvalue weighted by Gasteiger charge is -2.06. The second-order valence-electron chi connectivity index (χ2n) is 2.44. The Bertz CT molecular complexity index is 445. The number of hydrogen-bond donors (Lipinski definition) is 2. The second-order valence-corrected chi connectivity index (χ2v) is 5.02. The number of carboxylic acid groups (broad SMARTS) is 1. The third-order valence-corrected chi connectivity index (χ3v) is 3.12. The summed E-state index contributed by atoms with van der Waals surface area (Å²) < 4.78 is 39.3. The van der Waals surface area contributed by atoms with Crippen molar-refractivity contribution in [3.8, 4) is 0 Å². The van der Waals surface area contributed by atoms with Gasteiger partial charge in [-0.1, -0.05) is 0 Å². The number of halogens is 4. The molecule has 0 radical (unpaired) electrons. The third-order valence-electron chi connectivity index (χ3n) is 1.35. The van der Waals surface area contributed by atoms with Crippen LogP contribution in [0.4, 0.5) is 18.9 Å². The first-order chi connectivity index (χ1) is 7.23. The summed E-state index contributed by atoms with van der Waals surface area (Å²) in [6, 6.07) is 0. The summed E-state index contributed by atoms with van der Waals surface area (Å²) in [6.45, 7) is 0. The van der Waals surface area contributed by atoms with E-state index >= 15 is 0 Å². The molecular weight excluding hydrogens is 364 g/mol. The average Bonchev–Trinajstić information content (AvgIpc) is 2.46. The number of rotatable bonds is 2. The topological polar surface area (TPSA) is 79.3 Å². The Morgan fingerprint density at radius 2 is 2.00 bits per heavy atom. The first kappa shape index (κ1) is 13.2. The normalized spacial score (nSPS) is 11.2. The Labute approximate surface area is 104 Å². The molecule has 0 aliphatic heterocycles. The molecule has 16 heavy (non-hydrogen) atoms. The Kier molecular flexibility index (Phi) is 3.72. The van der Waals surface area contributed by atoms with Crippen LogP contribution < -0.4 is 5.32 Å². The molecule has 0 unspecified atom stereocenters. The van der Waals surface area contributed by atoms with Gasteiger partial charge in [0.05, 0.1) is 0 Å². The number of nitrogens with one attached hydrogen (secondary N) is 1. The lowest BCUT2D eigenvalue weighted by Crippen LogP contribution is -2.30. The van der Waals surface area contributed by atoms with E-state index < -0.39 is 29.4 Å². The maximum Gasteiger partial charge on any atom is 0.471 e. The van der Waals surface area contributed by atoms with Crippen LogP contribution in [0.5, 0.6) is 0 Å². The van der Waals surface area contributed by atoms with Crippen molar-refractivity contribution in [1.82, 2.24) is 4.37 Å². The molecule has 0 aliphatic carbocycles. The number of aromatic carboxylic acids is 1. The van der Waals surface area contributed by atoms with Crippen molar-refractivity contribution in [1.29, 1.82) is 0 Å². The van der Waals surface area contributed by atoms with Gasteiger partial charge in [-0.2, -0.15) is 17.5 Å². The highest BCUT2D eigenvalue weighted by Crippen LogP contribution is 2.28. The molecule has 0 spiro atoms. The standard InChI is InChI=1S/C6H2F3IN2O3S/c7-6(8,9)5(15)11-1-2(4(13)14)12-16-3(1)10/h(H,11,15)(H,13,14). The summed E-state index contributed by atoms with van der Waals surface area (Å²) in [4.78, 5) is 21.2. The fourth-order valence-electron chi connectivity index (χ4n) is 0.709. The smallest absolute Gasteiger partial charge is 0.471 e. The van der Waals surface area contributed by atoms with Crippen LogP contribution >= 0.6 is 34.1 Å². The summed E-state index contributed by atoms with van der Waals surface area (Å²) >= 11 is 2.27. The van der Waals surface area contributed by atoms with Gasteiger partial charge < -0.3 is 10.4 Å². The second kappa shape index (κ2) is 4.53. The SMILES string of the molecule is O=C(O)c1nsc(I)c1NC(=O)C(F)(F)F. The van der Waals surface area contributed by atoms with Crippen molar-refractivity contribution in [2.75, 3.05) is 5.32 Å². The quantitative estimate of drug-likeness (QED) is 0.785. The van der Waals surface area contributed by atoms with Crippen LogP contribution in [0, 0.1) is 2.88 Å². The molecule has 5 nitrogen and oxygen atoms in total. The zero-order valence-electron chi connectivity index (χ0n) is 7.13. The average molecular weight is 366 g/mol. The monoisotopic (exact) mass is 366 g/mol. The highest BCUT2D eigenvalue weighted by atomic mass is 127. The number of carboxylic acids is 1. The van der Waals surface area contributed by atoms with Crippen molar-refractivity contribution in [2.45, 2.75) is 6.18 Å². The van der Waals surface area contributed by atoms with E-state index in [1.807, 2.05) is 0 Å². The maximum absolute atomic E-state index is 11.9. The van der Waals surface area contributed by atoms with Crippen molar-refractivity contribution in [3.05, 3.63) is 8.58 Å². The fraction of sp³-hybridized carbons (Fsp3) is 0.167. The van der Waals surface area contributed by atoms with Gasteiger partial charge in [0.2, 0.25) is 0 Å². The molecular formula is C6H2F3IN2O3S. The fourth-order valence-corrected chi connectivity index (χ4v) is 1.97. The highest BCUT2D eigenvalue weighted by Gasteiger charge is 2.40. The maximum atomic E-state index is 11.9. The van der Waals surface area contributed by atoms with Crippen molar-refractivity contribution >= 4 is 51.7 Å². The molecule has 1 heterocycles. The third kappa shape index (κ3) is 2.81. The van der Waals surface area contributed by atoms with E-state index in [0.29, 0.717) is 11.5 Å². The van der Waals surface area contributed by atoms with Gasteiger partial charge in [-0.3, -0.25) is 4.79 Å². The number of hydrogen-bond acceptors (Lipinski definition) is 4. The van der Waals surface area contributed by atoms with Gasteiger partial charge in [0.1, 0.15) is 8.57 Å². The predicted octanol–water partition coefficient (Wildman–Crippen LogP) is 1.95. The Balaban J connectivity index is 3.02. The molecule has 0 aromatic carbocycles. The first-order valence-electron chi connectivity index (χ1n) is 3.50. The number of nitrogens with zero attached hydrogens (tertiary/aromatic N) is 1. The number of aromatic nitrogens is 1. The van der Waals surface area contributed by atoms with Crippen LogP contribution in [0.3, 0.4) is 0 Å². The Hall–Kier alpha value is -0.910. The molecule has 10 heteroatoms. The predicted molar refractivity (Wildman–Crippen MR) is 56.5 cm³/mol. The summed E-state index contributed by atoms with van der Waals surface area (Å²) in [6.07, 6.45) is -5.07. The summed E-state index contributed by atoms with van der Waals surface area (Å²) in [5, 5.41) is 10.1. The number of amides is 1. The molecule has 88 valence electrons. The molecule has 0 bridgehead atoms. The largest absolute Gasteiger partial charge is 0.476 e. The van der Waals surface area contributed by atoms with Gasteiger partial charge >= 0.3 is 18.1 Å². The zero-order valence-corrected chi connectivity index (χ0v) is 10.1. The van der Waals surface area contributed by atoms with E-state index in [4.69, 9.17) is 5.11 Å². The van der Waals surface area contributed by atoms with Gasteiger partial charge in [0.15, 0.2) is 5.69 Å². The van der Waals surface area contributed by atoms with Crippen LogP contribution in [0.2, 0.25) is 0 Å². The summed E-state index contributed by atoms with van der Waals surface area (Å²) in [5.41, 5.74) is -1.03. The van der Waals surface area contributed by atoms with Crippen LogP contribution in [-0.2, 0) is 4.79 Å². The molecule has 0 atom stereocenters. The minimum Gasteiger partial charge on any atom is -0.476 e. The lowest BCUT2D eigenvalue weighted by molar-refractivity contribution is -0.167. The minimum atomic E-state index is -5.07. The van der Waals surface area contributed by atoms with Gasteiger partial charge in [-0.25, -0.2) is 4.79 Å². The van der Waals surface area contributed by atoms with Crippen molar-refractivity contribution in [3.63, 3.8) is 0 Å². The molecule has 2 N–H and O–H groups in total. The molecule has 1 aromatic rings. The van der Waals surface area contributed by atoms with Gasteiger partial charge in [-0.15, -0.1) is 0 Å². The first-order valence-corrected chi connectivity index (χ1v) is 5.35. The van der Waals surface area contributed by atoms with E-state index in [9.17, 15) is 22.8 Å². The lowest BCUT2D eigenvalue weighted by atomic mass is 10.3. The van der Waals surface area contributed by atoms with Gasteiger partial charge in [0, 0.05) is 0 Å². The zero-order chi connectivity index (χ0) is 12.5. The highest BCUT2D eigenvalue weighted by molar-refractivity contribution is 14.1. The van der Waals surface area contributed by atoms with Crippen LogP contribution in [0.15, 0.2) is 0 Å². The van der Waals surface area contributed by atoms with E-state index in [1.54, 1.807) is 22.6 Å². The molecule has 1 rings (SSSR count). The van der Waals surface area contributed by atoms with E-state index in [2.05, 4.69) is 4.37 Å². The van der Waals surface area contributed by atoms with Crippen LogP contribution in [-0.4, -0.2) is 27.5 Å². The number of anilines is 1. The number of carbonyl (C=O) groups excluding carboxylic acids is 1. The van der Waals surface area contributed by atoms with Crippen LogP contribution in [0.1, 0.15) is 10.5 Å². The Morgan fingerprint density at radius 1 is 1.44 bits per heavy atom. The van der Waals surface area contributed by atoms with E-state index in [-0.39, 0.29) is 2.88 Å². The van der Waals surface area contributed by atoms with Crippen molar-refractivity contribution < 1.29 is 27.9 Å².